The molecule has 0 aliphatic rings. The van der Waals surface area contributed by atoms with E-state index < -0.39 is 0 Å². The summed E-state index contributed by atoms with van der Waals surface area (Å²) in [4.78, 5) is 12.5. The van der Waals surface area contributed by atoms with Gasteiger partial charge < -0.3 is 5.32 Å². The Kier molecular flexibility index (Phi) is 5.37. The van der Waals surface area contributed by atoms with Crippen molar-refractivity contribution in [3.05, 3.63) is 77.3 Å². The summed E-state index contributed by atoms with van der Waals surface area (Å²) < 4.78 is 0. The number of hydrogen-bond donors (Lipinski definition) is 2. The van der Waals surface area contributed by atoms with Crippen LogP contribution < -0.4 is 10.6 Å². The molecule has 3 aromatic carbocycles. The minimum absolute atomic E-state index is 0.0506. The summed E-state index contributed by atoms with van der Waals surface area (Å²) in [7, 11) is 0. The maximum Gasteiger partial charge on any atom is 0.241 e. The molecule has 3 nitrogen and oxygen atoms in total. The van der Waals surface area contributed by atoms with Crippen LogP contribution in [0.5, 0.6) is 0 Å². The number of carbonyl (C=O) groups is 1. The Morgan fingerprint density at radius 1 is 0.920 bits per heavy atom. The molecule has 25 heavy (non-hydrogen) atoms. The first kappa shape index (κ1) is 17.5. The molecule has 0 saturated heterocycles. The van der Waals surface area contributed by atoms with Crippen molar-refractivity contribution in [3.63, 3.8) is 0 Å². The molecule has 0 spiro atoms. The van der Waals surface area contributed by atoms with Gasteiger partial charge in [0, 0.05) is 16.8 Å². The van der Waals surface area contributed by atoms with Gasteiger partial charge in [0.15, 0.2) is 0 Å². The SMILES string of the molecule is C[C@H](N[C@H](C)C(=O)Nc1ccc2ccccc2c1)c1ccc(Cl)cc1. The van der Waals surface area contributed by atoms with Crippen LogP contribution in [0.25, 0.3) is 10.8 Å². The summed E-state index contributed by atoms with van der Waals surface area (Å²) >= 11 is 5.92. The van der Waals surface area contributed by atoms with Gasteiger partial charge in [-0.2, -0.15) is 0 Å². The molecule has 2 N–H and O–H groups in total. The third kappa shape index (κ3) is 4.38. The Balaban J connectivity index is 1.64. The molecule has 0 aromatic heterocycles. The van der Waals surface area contributed by atoms with E-state index >= 15 is 0 Å². The van der Waals surface area contributed by atoms with Gasteiger partial charge in [0.1, 0.15) is 0 Å². The zero-order chi connectivity index (χ0) is 17.8. The number of anilines is 1. The average Bonchev–Trinajstić information content (AvgIpc) is 2.62. The molecule has 0 fully saturated rings. The van der Waals surface area contributed by atoms with E-state index in [4.69, 9.17) is 11.6 Å². The number of hydrogen-bond acceptors (Lipinski definition) is 2. The quantitative estimate of drug-likeness (QED) is 0.665. The smallest absolute Gasteiger partial charge is 0.241 e. The predicted molar refractivity (Wildman–Crippen MR) is 105 cm³/mol. The van der Waals surface area contributed by atoms with Crippen LogP contribution in [0, 0.1) is 0 Å². The zero-order valence-electron chi connectivity index (χ0n) is 14.3. The number of nitrogens with one attached hydrogen (secondary N) is 2. The van der Waals surface area contributed by atoms with Crippen LogP contribution in [0.15, 0.2) is 66.7 Å². The Labute approximate surface area is 153 Å². The van der Waals surface area contributed by atoms with Crippen LogP contribution in [0.2, 0.25) is 5.02 Å². The van der Waals surface area contributed by atoms with E-state index in [9.17, 15) is 4.79 Å². The van der Waals surface area contributed by atoms with Gasteiger partial charge in [0.05, 0.1) is 6.04 Å². The molecule has 3 rings (SSSR count). The molecule has 0 aliphatic heterocycles. The lowest BCUT2D eigenvalue weighted by atomic mass is 10.1. The van der Waals surface area contributed by atoms with E-state index in [2.05, 4.69) is 16.7 Å². The van der Waals surface area contributed by atoms with Crippen LogP contribution in [0.4, 0.5) is 5.69 Å². The highest BCUT2D eigenvalue weighted by Crippen LogP contribution is 2.20. The highest BCUT2D eigenvalue weighted by atomic mass is 35.5. The molecule has 0 unspecified atom stereocenters. The standard InChI is InChI=1S/C21H21ClN2O/c1-14(16-7-10-19(22)11-8-16)23-15(2)21(25)24-20-12-9-17-5-3-4-6-18(17)13-20/h3-15,23H,1-2H3,(H,24,25)/t14-,15+/m0/s1. The van der Waals surface area contributed by atoms with Gasteiger partial charge >= 0.3 is 0 Å². The van der Waals surface area contributed by atoms with E-state index in [1.165, 1.54) is 0 Å². The van der Waals surface area contributed by atoms with Crippen molar-refractivity contribution in [3.8, 4) is 0 Å². The van der Waals surface area contributed by atoms with Crippen molar-refractivity contribution in [2.75, 3.05) is 5.32 Å². The van der Waals surface area contributed by atoms with Crippen molar-refractivity contribution in [2.45, 2.75) is 25.9 Å². The molecule has 0 saturated carbocycles. The second-order valence-electron chi connectivity index (χ2n) is 6.21. The first-order valence-electron chi connectivity index (χ1n) is 8.34. The maximum absolute atomic E-state index is 12.5. The monoisotopic (exact) mass is 352 g/mol. The van der Waals surface area contributed by atoms with E-state index in [1.54, 1.807) is 0 Å². The highest BCUT2D eigenvalue weighted by Gasteiger charge is 2.16. The van der Waals surface area contributed by atoms with Crippen LogP contribution in [-0.4, -0.2) is 11.9 Å². The van der Waals surface area contributed by atoms with E-state index in [0.717, 1.165) is 22.0 Å². The number of halogens is 1. The van der Waals surface area contributed by atoms with Crippen molar-refractivity contribution >= 4 is 34.0 Å². The molecule has 4 heteroatoms. The fraction of sp³-hybridized carbons (Fsp3) is 0.190. The van der Waals surface area contributed by atoms with Crippen LogP contribution in [-0.2, 0) is 4.79 Å². The molecule has 1 amide bonds. The molecular weight excluding hydrogens is 332 g/mol. The largest absolute Gasteiger partial charge is 0.325 e. The second kappa shape index (κ2) is 7.68. The Hall–Kier alpha value is -2.36. The summed E-state index contributed by atoms with van der Waals surface area (Å²) in [6.45, 7) is 3.89. The third-order valence-electron chi connectivity index (χ3n) is 4.28. The van der Waals surface area contributed by atoms with E-state index in [0.29, 0.717) is 5.02 Å². The molecule has 2 atom stereocenters. The maximum atomic E-state index is 12.5. The minimum Gasteiger partial charge on any atom is -0.325 e. The van der Waals surface area contributed by atoms with Gasteiger partial charge in [-0.25, -0.2) is 0 Å². The first-order chi connectivity index (χ1) is 12.0. The number of carbonyl (C=O) groups excluding carboxylic acids is 1. The first-order valence-corrected chi connectivity index (χ1v) is 8.72. The number of benzene rings is 3. The summed E-state index contributed by atoms with van der Waals surface area (Å²) in [6, 6.07) is 21.4. The van der Waals surface area contributed by atoms with Crippen LogP contribution in [0.3, 0.4) is 0 Å². The lowest BCUT2D eigenvalue weighted by Crippen LogP contribution is -2.39. The van der Waals surface area contributed by atoms with Gasteiger partial charge in [0.25, 0.3) is 0 Å². The molecule has 3 aromatic rings. The Morgan fingerprint density at radius 2 is 1.60 bits per heavy atom. The van der Waals surface area contributed by atoms with Crippen LogP contribution in [0.1, 0.15) is 25.5 Å². The average molecular weight is 353 g/mol. The number of fused-ring (bicyclic) bond motifs is 1. The normalized spacial score (nSPS) is 13.4. The highest BCUT2D eigenvalue weighted by molar-refractivity contribution is 6.30. The summed E-state index contributed by atoms with van der Waals surface area (Å²) in [5, 5.41) is 9.26. The molecule has 0 aliphatic carbocycles. The van der Waals surface area contributed by atoms with Gasteiger partial charge in [-0.15, -0.1) is 0 Å². The molecule has 128 valence electrons. The lowest BCUT2D eigenvalue weighted by molar-refractivity contribution is -0.117. The van der Waals surface area contributed by atoms with E-state index in [1.807, 2.05) is 74.5 Å². The number of rotatable bonds is 5. The minimum atomic E-state index is -0.322. The molecule has 0 heterocycles. The summed E-state index contributed by atoms with van der Waals surface area (Å²) in [5.41, 5.74) is 1.89. The molecule has 0 bridgehead atoms. The predicted octanol–water partition coefficient (Wildman–Crippen LogP) is 5.17. The third-order valence-corrected chi connectivity index (χ3v) is 4.53. The lowest BCUT2D eigenvalue weighted by Gasteiger charge is -2.20. The van der Waals surface area contributed by atoms with Gasteiger partial charge in [-0.3, -0.25) is 10.1 Å². The Morgan fingerprint density at radius 3 is 2.32 bits per heavy atom. The topological polar surface area (TPSA) is 41.1 Å². The molecular formula is C21H21ClN2O. The van der Waals surface area contributed by atoms with Crippen molar-refractivity contribution < 1.29 is 4.79 Å². The Bertz CT molecular complexity index is 876. The van der Waals surface area contributed by atoms with Crippen LogP contribution >= 0.6 is 11.6 Å². The van der Waals surface area contributed by atoms with Gasteiger partial charge in [-0.1, -0.05) is 54.1 Å². The molecule has 0 radical (unpaired) electrons. The number of amides is 1. The van der Waals surface area contributed by atoms with E-state index in [-0.39, 0.29) is 18.0 Å². The summed E-state index contributed by atoms with van der Waals surface area (Å²) in [6.07, 6.45) is 0. The van der Waals surface area contributed by atoms with Gasteiger partial charge in [0.2, 0.25) is 5.91 Å². The van der Waals surface area contributed by atoms with Crippen molar-refractivity contribution in [1.82, 2.24) is 5.32 Å². The second-order valence-corrected chi connectivity index (χ2v) is 6.65. The summed E-state index contributed by atoms with van der Waals surface area (Å²) in [5.74, 6) is -0.0592. The van der Waals surface area contributed by atoms with Crippen molar-refractivity contribution in [1.29, 1.82) is 0 Å². The zero-order valence-corrected chi connectivity index (χ0v) is 15.0. The fourth-order valence-electron chi connectivity index (χ4n) is 2.82. The fourth-order valence-corrected chi connectivity index (χ4v) is 2.94. The van der Waals surface area contributed by atoms with Gasteiger partial charge in [-0.05, 0) is 54.4 Å². The van der Waals surface area contributed by atoms with Crippen molar-refractivity contribution in [2.24, 2.45) is 0 Å².